The summed E-state index contributed by atoms with van der Waals surface area (Å²) in [6.45, 7) is 11.7. The number of halogens is 1. The maximum Gasteiger partial charge on any atom is 0.151 e. The number of likely N-dealkylation sites (tertiary alicyclic amines) is 2. The minimum absolute atomic E-state index is 0.290. The summed E-state index contributed by atoms with van der Waals surface area (Å²) in [4.78, 5) is 10.7. The molecule has 3 aliphatic rings. The molecule has 2 aliphatic heterocycles. The molecule has 208 valence electrons. The van der Waals surface area contributed by atoms with Crippen LogP contribution in [0.3, 0.4) is 0 Å². The molecule has 1 saturated carbocycles. The number of hydrogen-bond acceptors (Lipinski definition) is 4. The molecule has 5 nitrogen and oxygen atoms in total. The van der Waals surface area contributed by atoms with Crippen LogP contribution in [0, 0.1) is 17.2 Å². The molecule has 1 spiro atoms. The highest BCUT2D eigenvalue weighted by molar-refractivity contribution is 7.84. The Morgan fingerprint density at radius 1 is 0.925 bits per heavy atom. The highest BCUT2D eigenvalue weighted by Crippen LogP contribution is 2.43. The zero-order chi connectivity index (χ0) is 27.6. The number of fused-ring (bicyclic) bond motifs is 1. The fourth-order valence-electron chi connectivity index (χ4n) is 6.84. The van der Waals surface area contributed by atoms with E-state index in [4.69, 9.17) is 4.98 Å². The largest absolute Gasteiger partial charge is 0.321 e. The third-order valence-corrected chi connectivity index (χ3v) is 9.59. The number of benzene rings is 3. The van der Waals surface area contributed by atoms with Crippen LogP contribution in [0.4, 0.5) is 4.39 Å². The van der Waals surface area contributed by atoms with Gasteiger partial charge in [0.1, 0.15) is 11.3 Å². The van der Waals surface area contributed by atoms with Crippen LogP contribution in [0.2, 0.25) is 0 Å². The van der Waals surface area contributed by atoms with E-state index in [-0.39, 0.29) is 5.82 Å². The minimum atomic E-state index is -1.04. The van der Waals surface area contributed by atoms with Gasteiger partial charge in [0.05, 0.1) is 5.52 Å². The number of hydrogen-bond donors (Lipinski definition) is 0. The fraction of sp³-hybridized carbons (Fsp3) is 0.424. The SMILES string of the molecule is CC(C)CN1CC2(CN(Cc3ccc(-c4cc(F)c5nc(-c6ccc(S(C)=O)cc6)n(C6CC6)c5c4)cc3)C2)C1. The lowest BCUT2D eigenvalue weighted by Crippen LogP contribution is -2.71. The summed E-state index contributed by atoms with van der Waals surface area (Å²) < 4.78 is 29.5. The fourth-order valence-corrected chi connectivity index (χ4v) is 7.36. The lowest BCUT2D eigenvalue weighted by Gasteiger charge is -2.61. The Hall–Kier alpha value is -2.87. The molecule has 1 aromatic heterocycles. The van der Waals surface area contributed by atoms with E-state index in [0.29, 0.717) is 17.0 Å². The second-order valence-corrected chi connectivity index (χ2v) is 14.1. The molecule has 1 aliphatic carbocycles. The average Bonchev–Trinajstić information content (AvgIpc) is 3.65. The number of imidazole rings is 1. The molecule has 3 aromatic carbocycles. The van der Waals surface area contributed by atoms with Crippen LogP contribution in [-0.4, -0.2) is 62.5 Å². The van der Waals surface area contributed by atoms with Gasteiger partial charge in [-0.2, -0.15) is 0 Å². The molecule has 1 unspecified atom stereocenters. The predicted molar refractivity (Wildman–Crippen MR) is 160 cm³/mol. The zero-order valence-electron chi connectivity index (χ0n) is 23.6. The molecular formula is C33H37FN4OS. The molecule has 7 rings (SSSR count). The quantitative estimate of drug-likeness (QED) is 0.253. The van der Waals surface area contributed by atoms with Gasteiger partial charge in [0.15, 0.2) is 5.82 Å². The van der Waals surface area contributed by atoms with Crippen molar-refractivity contribution in [2.75, 3.05) is 39.0 Å². The average molecular weight is 557 g/mol. The van der Waals surface area contributed by atoms with Crippen LogP contribution in [-0.2, 0) is 17.3 Å². The first-order chi connectivity index (χ1) is 19.3. The van der Waals surface area contributed by atoms with Gasteiger partial charge >= 0.3 is 0 Å². The van der Waals surface area contributed by atoms with Crippen LogP contribution < -0.4 is 0 Å². The van der Waals surface area contributed by atoms with E-state index < -0.39 is 10.8 Å². The molecule has 2 saturated heterocycles. The Balaban J connectivity index is 1.10. The Morgan fingerprint density at radius 3 is 2.20 bits per heavy atom. The van der Waals surface area contributed by atoms with Crippen molar-refractivity contribution in [3.05, 3.63) is 72.0 Å². The molecule has 7 heteroatoms. The van der Waals surface area contributed by atoms with Crippen LogP contribution in [0.15, 0.2) is 65.6 Å². The van der Waals surface area contributed by atoms with Crippen LogP contribution >= 0.6 is 0 Å². The summed E-state index contributed by atoms with van der Waals surface area (Å²) in [5.41, 5.74) is 5.92. The van der Waals surface area contributed by atoms with Crippen LogP contribution in [0.1, 0.15) is 38.3 Å². The predicted octanol–water partition coefficient (Wildman–Crippen LogP) is 6.36. The highest BCUT2D eigenvalue weighted by Gasteiger charge is 2.51. The second kappa shape index (κ2) is 9.89. The first kappa shape index (κ1) is 26.1. The van der Waals surface area contributed by atoms with Gasteiger partial charge in [0, 0.05) is 78.2 Å². The van der Waals surface area contributed by atoms with E-state index in [1.807, 2.05) is 24.3 Å². The summed E-state index contributed by atoms with van der Waals surface area (Å²) in [6.07, 6.45) is 3.82. The van der Waals surface area contributed by atoms with E-state index in [0.717, 1.165) is 58.2 Å². The highest BCUT2D eigenvalue weighted by atomic mass is 32.2. The minimum Gasteiger partial charge on any atom is -0.321 e. The van der Waals surface area contributed by atoms with Gasteiger partial charge in [0.25, 0.3) is 0 Å². The first-order valence-corrected chi connectivity index (χ1v) is 16.0. The van der Waals surface area contributed by atoms with Gasteiger partial charge in [0.2, 0.25) is 0 Å². The Morgan fingerprint density at radius 2 is 1.57 bits per heavy atom. The number of nitrogens with zero attached hydrogens (tertiary/aromatic N) is 4. The standard InChI is InChI=1S/C33H37FN4OS/c1-22(2)16-36-18-33(19-36)20-37(21-33)17-23-4-6-24(7-5-23)26-14-29(34)31-30(15-26)38(27-10-11-27)32(35-31)25-8-12-28(13-9-25)40(3)39/h4-9,12-15,22,27H,10-11,16-21H2,1-3H3. The van der Waals surface area contributed by atoms with Crippen LogP contribution in [0.25, 0.3) is 33.5 Å². The Bertz CT molecular complexity index is 1580. The van der Waals surface area contributed by atoms with Crippen molar-refractivity contribution in [3.63, 3.8) is 0 Å². The first-order valence-electron chi connectivity index (χ1n) is 14.5. The second-order valence-electron chi connectivity index (χ2n) is 12.7. The van der Waals surface area contributed by atoms with E-state index in [1.165, 1.54) is 38.3 Å². The van der Waals surface area contributed by atoms with E-state index in [1.54, 1.807) is 12.3 Å². The molecule has 3 fully saturated rings. The molecule has 0 radical (unpaired) electrons. The zero-order valence-corrected chi connectivity index (χ0v) is 24.4. The molecule has 0 N–H and O–H groups in total. The van der Waals surface area contributed by atoms with E-state index in [9.17, 15) is 4.21 Å². The molecular weight excluding hydrogens is 519 g/mol. The normalized spacial score (nSPS) is 19.7. The Kier molecular flexibility index (Phi) is 6.45. The lowest BCUT2D eigenvalue weighted by atomic mass is 9.72. The van der Waals surface area contributed by atoms with Crippen molar-refractivity contribution in [1.82, 2.24) is 19.4 Å². The van der Waals surface area contributed by atoms with Crippen molar-refractivity contribution < 1.29 is 8.60 Å². The maximum atomic E-state index is 15.5. The summed E-state index contributed by atoms with van der Waals surface area (Å²) in [5.74, 6) is 1.23. The Labute approximate surface area is 238 Å². The van der Waals surface area contributed by atoms with Crippen molar-refractivity contribution >= 4 is 21.8 Å². The summed E-state index contributed by atoms with van der Waals surface area (Å²) >= 11 is 0. The van der Waals surface area contributed by atoms with E-state index in [2.05, 4.69) is 58.5 Å². The maximum absolute atomic E-state index is 15.5. The van der Waals surface area contributed by atoms with Crippen LogP contribution in [0.5, 0.6) is 0 Å². The third-order valence-electron chi connectivity index (χ3n) is 8.66. The van der Waals surface area contributed by atoms with Gasteiger partial charge in [-0.15, -0.1) is 0 Å². The monoisotopic (exact) mass is 556 g/mol. The number of rotatable bonds is 8. The smallest absolute Gasteiger partial charge is 0.151 e. The summed E-state index contributed by atoms with van der Waals surface area (Å²) in [5, 5.41) is 0. The van der Waals surface area contributed by atoms with E-state index >= 15 is 4.39 Å². The molecule has 0 bridgehead atoms. The van der Waals surface area contributed by atoms with Crippen molar-refractivity contribution in [2.45, 2.75) is 44.2 Å². The summed E-state index contributed by atoms with van der Waals surface area (Å²) in [7, 11) is -1.04. The van der Waals surface area contributed by atoms with Crippen molar-refractivity contribution in [3.8, 4) is 22.5 Å². The van der Waals surface area contributed by atoms with Gasteiger partial charge in [-0.3, -0.25) is 9.11 Å². The molecule has 4 aromatic rings. The van der Waals surface area contributed by atoms with Gasteiger partial charge in [-0.25, -0.2) is 9.37 Å². The third kappa shape index (κ3) is 4.82. The van der Waals surface area contributed by atoms with Crippen molar-refractivity contribution in [1.29, 1.82) is 0 Å². The summed E-state index contributed by atoms with van der Waals surface area (Å²) in [6, 6.07) is 20.3. The molecule has 1 atom stereocenters. The van der Waals surface area contributed by atoms with Gasteiger partial charge in [-0.1, -0.05) is 50.2 Å². The molecule has 40 heavy (non-hydrogen) atoms. The molecule has 0 amide bonds. The topological polar surface area (TPSA) is 41.4 Å². The van der Waals surface area contributed by atoms with Gasteiger partial charge in [-0.05, 0) is 59.7 Å². The van der Waals surface area contributed by atoms with Crippen molar-refractivity contribution in [2.24, 2.45) is 11.3 Å². The number of aromatic nitrogens is 2. The molecule has 3 heterocycles. The lowest BCUT2D eigenvalue weighted by molar-refractivity contribution is -0.120. The van der Waals surface area contributed by atoms with Gasteiger partial charge < -0.3 is 9.47 Å².